The second kappa shape index (κ2) is 6.10. The number of hydrogen-bond acceptors (Lipinski definition) is 4. The Morgan fingerprint density at radius 3 is 2.75 bits per heavy atom. The summed E-state index contributed by atoms with van der Waals surface area (Å²) in [5, 5.41) is 0. The van der Waals surface area contributed by atoms with Crippen molar-refractivity contribution < 1.29 is 22.7 Å². The van der Waals surface area contributed by atoms with E-state index in [2.05, 4.69) is 9.97 Å². The fourth-order valence-corrected chi connectivity index (χ4v) is 2.81. The van der Waals surface area contributed by atoms with Crippen LogP contribution in [0, 0.1) is 0 Å². The van der Waals surface area contributed by atoms with E-state index in [-0.39, 0.29) is 35.9 Å². The van der Waals surface area contributed by atoms with Crippen LogP contribution in [0.3, 0.4) is 0 Å². The van der Waals surface area contributed by atoms with Gasteiger partial charge in [0.15, 0.2) is 0 Å². The molecule has 0 aliphatic carbocycles. The van der Waals surface area contributed by atoms with Crippen LogP contribution in [-0.2, 0) is 0 Å². The normalized spacial score (nSPS) is 17.3. The molecule has 0 fully saturated rings. The van der Waals surface area contributed by atoms with Crippen molar-refractivity contribution in [2.24, 2.45) is 0 Å². The summed E-state index contributed by atoms with van der Waals surface area (Å²) in [5.74, 6) is -2.05. The maximum absolute atomic E-state index is 13.2. The van der Waals surface area contributed by atoms with Crippen LogP contribution in [0.1, 0.15) is 28.4 Å². The Morgan fingerprint density at radius 1 is 1.29 bits per heavy atom. The van der Waals surface area contributed by atoms with Gasteiger partial charge in [0.25, 0.3) is 5.91 Å². The van der Waals surface area contributed by atoms with Crippen LogP contribution in [0.4, 0.5) is 18.9 Å². The Hall–Kier alpha value is -2.64. The first-order valence-electron chi connectivity index (χ1n) is 7.26. The highest BCUT2D eigenvalue weighted by Gasteiger charge is 2.45. The average molecular weight is 337 g/mol. The van der Waals surface area contributed by atoms with E-state index in [1.54, 1.807) is 12.1 Å². The molecule has 2 heterocycles. The smallest absolute Gasteiger partial charge is 0.395 e. The number of methoxy groups -OCH3 is 1. The molecule has 1 unspecified atom stereocenters. The summed E-state index contributed by atoms with van der Waals surface area (Å²) in [6.07, 6.45) is -3.16. The molecule has 0 radical (unpaired) electrons. The average Bonchev–Trinajstić information content (AvgIpc) is 2.59. The Kier molecular flexibility index (Phi) is 4.13. The molecule has 1 aliphatic heterocycles. The molecule has 0 N–H and O–H groups in total. The summed E-state index contributed by atoms with van der Waals surface area (Å²) in [6, 6.07) is 7.51. The number of rotatable bonds is 2. The van der Waals surface area contributed by atoms with Crippen molar-refractivity contribution in [2.75, 3.05) is 18.6 Å². The van der Waals surface area contributed by atoms with Gasteiger partial charge in [0.1, 0.15) is 5.69 Å². The standard InChI is InChI=1S/C16H14F3N3O2/c1-24-15-20-8-6-12(21-15)14(23)22-9-7-11(16(17,18)19)10-4-2-3-5-13(10)22/h2-6,8,11H,7,9H2,1H3. The lowest BCUT2D eigenvalue weighted by Crippen LogP contribution is -2.40. The van der Waals surface area contributed by atoms with Gasteiger partial charge in [0.05, 0.1) is 13.0 Å². The largest absolute Gasteiger partial charge is 0.467 e. The molecule has 1 amide bonds. The van der Waals surface area contributed by atoms with Crippen LogP contribution in [-0.4, -0.2) is 35.7 Å². The minimum absolute atomic E-state index is 0.0271. The first-order valence-corrected chi connectivity index (χ1v) is 7.26. The summed E-state index contributed by atoms with van der Waals surface area (Å²) in [6.45, 7) is -0.0354. The van der Waals surface area contributed by atoms with Crippen molar-refractivity contribution in [1.29, 1.82) is 0 Å². The zero-order chi connectivity index (χ0) is 17.3. The lowest BCUT2D eigenvalue weighted by atomic mass is 9.89. The maximum Gasteiger partial charge on any atom is 0.395 e. The van der Waals surface area contributed by atoms with Crippen LogP contribution in [0.2, 0.25) is 0 Å². The number of carbonyl (C=O) groups is 1. The third kappa shape index (κ3) is 2.91. The van der Waals surface area contributed by atoms with E-state index >= 15 is 0 Å². The van der Waals surface area contributed by atoms with Crippen LogP contribution >= 0.6 is 0 Å². The number of benzene rings is 1. The van der Waals surface area contributed by atoms with Crippen LogP contribution in [0.15, 0.2) is 36.5 Å². The molecular formula is C16H14F3N3O2. The third-order valence-corrected chi connectivity index (χ3v) is 3.92. The number of anilines is 1. The molecule has 3 rings (SSSR count). The van der Waals surface area contributed by atoms with E-state index in [1.807, 2.05) is 0 Å². The van der Waals surface area contributed by atoms with Gasteiger partial charge < -0.3 is 9.64 Å². The van der Waals surface area contributed by atoms with Crippen molar-refractivity contribution in [2.45, 2.75) is 18.5 Å². The minimum Gasteiger partial charge on any atom is -0.467 e. The van der Waals surface area contributed by atoms with E-state index in [1.165, 1.54) is 36.4 Å². The van der Waals surface area contributed by atoms with Gasteiger partial charge >= 0.3 is 12.2 Å². The number of alkyl halides is 3. The van der Waals surface area contributed by atoms with Crippen LogP contribution in [0.5, 0.6) is 6.01 Å². The van der Waals surface area contributed by atoms with Gasteiger partial charge in [0, 0.05) is 18.4 Å². The highest BCUT2D eigenvalue weighted by atomic mass is 19.4. The first kappa shape index (κ1) is 16.2. The van der Waals surface area contributed by atoms with E-state index in [9.17, 15) is 18.0 Å². The Morgan fingerprint density at radius 2 is 2.04 bits per heavy atom. The second-order valence-electron chi connectivity index (χ2n) is 5.33. The molecule has 1 atom stereocenters. The van der Waals surface area contributed by atoms with Crippen LogP contribution in [0.25, 0.3) is 0 Å². The molecule has 24 heavy (non-hydrogen) atoms. The molecule has 0 spiro atoms. The fourth-order valence-electron chi connectivity index (χ4n) is 2.81. The fraction of sp³-hybridized carbons (Fsp3) is 0.312. The SMILES string of the molecule is COc1nccc(C(=O)N2CCC(C(F)(F)F)c3ccccc32)n1. The lowest BCUT2D eigenvalue weighted by Gasteiger charge is -2.35. The molecule has 5 nitrogen and oxygen atoms in total. The quantitative estimate of drug-likeness (QED) is 0.845. The number of halogens is 3. The van der Waals surface area contributed by atoms with Gasteiger partial charge in [-0.2, -0.15) is 18.2 Å². The molecule has 0 saturated carbocycles. The van der Waals surface area contributed by atoms with E-state index in [0.29, 0.717) is 0 Å². The summed E-state index contributed by atoms with van der Waals surface area (Å²) in [5.41, 5.74) is 0.432. The number of ether oxygens (including phenoxy) is 1. The van der Waals surface area contributed by atoms with Gasteiger partial charge in [-0.1, -0.05) is 18.2 Å². The highest BCUT2D eigenvalue weighted by molar-refractivity contribution is 6.05. The highest BCUT2D eigenvalue weighted by Crippen LogP contribution is 2.44. The summed E-state index contributed by atoms with van der Waals surface area (Å²) in [7, 11) is 1.37. The molecular weight excluding hydrogens is 323 g/mol. The second-order valence-corrected chi connectivity index (χ2v) is 5.33. The molecule has 0 bridgehead atoms. The third-order valence-electron chi connectivity index (χ3n) is 3.92. The number of aromatic nitrogens is 2. The van der Waals surface area contributed by atoms with Crippen LogP contribution < -0.4 is 9.64 Å². The predicted octanol–water partition coefficient (Wildman–Crippen LogP) is 3.18. The summed E-state index contributed by atoms with van der Waals surface area (Å²) in [4.78, 5) is 21.8. The van der Waals surface area contributed by atoms with E-state index in [4.69, 9.17) is 4.74 Å². The molecule has 8 heteroatoms. The number of para-hydroxylation sites is 1. The number of amides is 1. The topological polar surface area (TPSA) is 55.3 Å². The van der Waals surface area contributed by atoms with Gasteiger partial charge in [-0.25, -0.2) is 4.98 Å². The maximum atomic E-state index is 13.2. The van der Waals surface area contributed by atoms with Crippen molar-refractivity contribution in [3.63, 3.8) is 0 Å². The number of nitrogens with zero attached hydrogens (tertiary/aromatic N) is 3. The van der Waals surface area contributed by atoms with Crippen molar-refractivity contribution >= 4 is 11.6 Å². The predicted molar refractivity (Wildman–Crippen MR) is 80.1 cm³/mol. The van der Waals surface area contributed by atoms with Gasteiger partial charge in [-0.05, 0) is 24.1 Å². The number of fused-ring (bicyclic) bond motifs is 1. The minimum atomic E-state index is -4.34. The summed E-state index contributed by atoms with van der Waals surface area (Å²) < 4.78 is 44.6. The molecule has 126 valence electrons. The van der Waals surface area contributed by atoms with Crippen molar-refractivity contribution in [3.05, 3.63) is 47.8 Å². The molecule has 2 aromatic rings. The monoisotopic (exact) mass is 337 g/mol. The van der Waals surface area contributed by atoms with E-state index < -0.39 is 18.0 Å². The van der Waals surface area contributed by atoms with Gasteiger partial charge in [-0.15, -0.1) is 0 Å². The lowest BCUT2D eigenvalue weighted by molar-refractivity contribution is -0.152. The van der Waals surface area contributed by atoms with Crippen molar-refractivity contribution in [3.8, 4) is 6.01 Å². The summed E-state index contributed by atoms with van der Waals surface area (Å²) >= 11 is 0. The Labute approximate surface area is 136 Å². The number of carbonyl (C=O) groups excluding carboxylic acids is 1. The van der Waals surface area contributed by atoms with Crippen molar-refractivity contribution in [1.82, 2.24) is 9.97 Å². The molecule has 1 aromatic carbocycles. The number of hydrogen-bond donors (Lipinski definition) is 0. The Balaban J connectivity index is 1.98. The van der Waals surface area contributed by atoms with Gasteiger partial charge in [0.2, 0.25) is 0 Å². The zero-order valence-corrected chi connectivity index (χ0v) is 12.7. The molecule has 1 aromatic heterocycles. The zero-order valence-electron chi connectivity index (χ0n) is 12.7. The molecule has 1 aliphatic rings. The van der Waals surface area contributed by atoms with E-state index in [0.717, 1.165) is 0 Å². The first-order chi connectivity index (χ1) is 11.4. The molecule has 0 saturated heterocycles. The van der Waals surface area contributed by atoms with Gasteiger partial charge in [-0.3, -0.25) is 4.79 Å². The Bertz CT molecular complexity index is 764.